The van der Waals surface area contributed by atoms with Crippen molar-refractivity contribution in [2.45, 2.75) is 0 Å². The average molecular weight is 217 g/mol. The topological polar surface area (TPSA) is 58.8 Å². The van der Waals surface area contributed by atoms with Gasteiger partial charge in [-0.1, -0.05) is 0 Å². The molecule has 0 aliphatic heterocycles. The Morgan fingerprint density at radius 2 is 2.33 bits per heavy atom. The zero-order valence-electron chi connectivity index (χ0n) is 7.97. The third kappa shape index (κ3) is 1.80. The maximum absolute atomic E-state index is 8.63. The van der Waals surface area contributed by atoms with Crippen LogP contribution in [0.5, 0.6) is 5.88 Å². The second-order valence-corrected chi connectivity index (χ2v) is 3.41. The predicted molar refractivity (Wildman–Crippen MR) is 56.6 cm³/mol. The van der Waals surface area contributed by atoms with Crippen LogP contribution < -0.4 is 4.74 Å². The third-order valence-electron chi connectivity index (χ3n) is 1.90. The van der Waals surface area contributed by atoms with Crippen LogP contribution in [0.3, 0.4) is 0 Å². The van der Waals surface area contributed by atoms with E-state index in [-0.39, 0.29) is 0 Å². The van der Waals surface area contributed by atoms with E-state index in [2.05, 4.69) is 9.36 Å². The maximum Gasteiger partial charge on any atom is 0.234 e. The van der Waals surface area contributed by atoms with Crippen LogP contribution in [0.25, 0.3) is 11.3 Å². The molecule has 0 N–H and O–H groups in total. The number of ether oxygens (including phenoxy) is 1. The van der Waals surface area contributed by atoms with Crippen molar-refractivity contribution < 1.29 is 4.74 Å². The van der Waals surface area contributed by atoms with Gasteiger partial charge in [0.1, 0.15) is 6.07 Å². The highest BCUT2D eigenvalue weighted by Gasteiger charge is 2.09. The second-order valence-electron chi connectivity index (χ2n) is 2.78. The minimum atomic E-state index is 0.543. The average Bonchev–Trinajstić information content (AvgIpc) is 2.77. The largest absolute Gasteiger partial charge is 0.480 e. The summed E-state index contributed by atoms with van der Waals surface area (Å²) in [6.45, 7) is 0. The zero-order chi connectivity index (χ0) is 10.7. The molecule has 0 amide bonds. The van der Waals surface area contributed by atoms with E-state index in [1.54, 1.807) is 19.2 Å². The molecule has 0 atom stereocenters. The van der Waals surface area contributed by atoms with Gasteiger partial charge in [0.15, 0.2) is 0 Å². The van der Waals surface area contributed by atoms with Gasteiger partial charge in [0.05, 0.1) is 23.9 Å². The van der Waals surface area contributed by atoms with Crippen LogP contribution >= 0.6 is 11.5 Å². The van der Waals surface area contributed by atoms with E-state index < -0.39 is 0 Å². The van der Waals surface area contributed by atoms with Gasteiger partial charge in [-0.15, -0.1) is 0 Å². The fourth-order valence-corrected chi connectivity index (χ4v) is 1.81. The van der Waals surface area contributed by atoms with Crippen molar-refractivity contribution in [3.63, 3.8) is 0 Å². The molecule has 2 rings (SSSR count). The van der Waals surface area contributed by atoms with Gasteiger partial charge in [-0.2, -0.15) is 9.64 Å². The van der Waals surface area contributed by atoms with Gasteiger partial charge >= 0.3 is 0 Å². The summed E-state index contributed by atoms with van der Waals surface area (Å²) < 4.78 is 9.16. The normalized spacial score (nSPS) is 9.60. The van der Waals surface area contributed by atoms with E-state index in [4.69, 9.17) is 10.00 Å². The molecule has 0 aliphatic rings. The number of hydrogen-bond acceptors (Lipinski definition) is 5. The Hall–Kier alpha value is -1.93. The van der Waals surface area contributed by atoms with E-state index in [1.807, 2.05) is 11.4 Å². The summed E-state index contributed by atoms with van der Waals surface area (Å²) in [5, 5.41) is 10.5. The number of nitriles is 1. The Labute approximate surface area is 90.9 Å². The number of pyridine rings is 1. The van der Waals surface area contributed by atoms with E-state index in [0.717, 1.165) is 11.3 Å². The quantitative estimate of drug-likeness (QED) is 0.772. The molecule has 0 aliphatic carbocycles. The van der Waals surface area contributed by atoms with Crippen LogP contribution in [0.15, 0.2) is 23.7 Å². The molecule has 0 aromatic carbocycles. The number of rotatable bonds is 2. The zero-order valence-corrected chi connectivity index (χ0v) is 8.78. The van der Waals surface area contributed by atoms with Crippen molar-refractivity contribution in [1.29, 1.82) is 5.26 Å². The standard InChI is InChI=1S/C10H7N3OS/c1-14-10-8(6-15-13-10)9-3-2-7(4-11)5-12-9/h2-3,5-6H,1H3. The van der Waals surface area contributed by atoms with Crippen molar-refractivity contribution in [3.8, 4) is 23.2 Å². The molecular formula is C10H7N3OS. The first-order valence-electron chi connectivity index (χ1n) is 4.20. The van der Waals surface area contributed by atoms with Gasteiger partial charge in [0.25, 0.3) is 0 Å². The lowest BCUT2D eigenvalue weighted by molar-refractivity contribution is 0.404. The van der Waals surface area contributed by atoms with Crippen LogP contribution in [0.4, 0.5) is 0 Å². The predicted octanol–water partition coefficient (Wildman–Crippen LogP) is 2.09. The fourth-order valence-electron chi connectivity index (χ4n) is 1.16. The highest BCUT2D eigenvalue weighted by Crippen LogP contribution is 2.28. The van der Waals surface area contributed by atoms with Crippen molar-refractivity contribution >= 4 is 11.5 Å². The molecule has 0 bridgehead atoms. The highest BCUT2D eigenvalue weighted by atomic mass is 32.1. The van der Waals surface area contributed by atoms with Gasteiger partial charge in [-0.25, -0.2) is 0 Å². The first-order chi connectivity index (χ1) is 7.35. The summed E-state index contributed by atoms with van der Waals surface area (Å²) >= 11 is 1.32. The molecule has 2 aromatic rings. The van der Waals surface area contributed by atoms with Crippen LogP contribution in [0.1, 0.15) is 5.56 Å². The Morgan fingerprint density at radius 3 is 2.93 bits per heavy atom. The maximum atomic E-state index is 8.63. The molecule has 74 valence electrons. The monoisotopic (exact) mass is 217 g/mol. The number of methoxy groups -OCH3 is 1. The summed E-state index contributed by atoms with van der Waals surface area (Å²) in [5.41, 5.74) is 2.16. The molecule has 0 unspecified atom stereocenters. The van der Waals surface area contributed by atoms with E-state index in [0.29, 0.717) is 11.4 Å². The molecular weight excluding hydrogens is 210 g/mol. The molecule has 5 heteroatoms. The molecule has 2 heterocycles. The van der Waals surface area contributed by atoms with Gasteiger partial charge < -0.3 is 4.74 Å². The fraction of sp³-hybridized carbons (Fsp3) is 0.100. The van der Waals surface area contributed by atoms with Crippen molar-refractivity contribution in [3.05, 3.63) is 29.3 Å². The molecule has 0 fully saturated rings. The third-order valence-corrected chi connectivity index (χ3v) is 2.51. The summed E-state index contributed by atoms with van der Waals surface area (Å²) in [5.74, 6) is 0.567. The SMILES string of the molecule is COc1nscc1-c1ccc(C#N)cn1. The summed E-state index contributed by atoms with van der Waals surface area (Å²) in [7, 11) is 1.57. The molecule has 0 saturated carbocycles. The van der Waals surface area contributed by atoms with Crippen LogP contribution in [0, 0.1) is 11.3 Å². The number of aromatic nitrogens is 2. The summed E-state index contributed by atoms with van der Waals surface area (Å²) in [4.78, 5) is 4.16. The molecule has 0 radical (unpaired) electrons. The summed E-state index contributed by atoms with van der Waals surface area (Å²) in [6.07, 6.45) is 1.53. The van der Waals surface area contributed by atoms with E-state index in [9.17, 15) is 0 Å². The number of hydrogen-bond donors (Lipinski definition) is 0. The van der Waals surface area contributed by atoms with Crippen molar-refractivity contribution in [1.82, 2.24) is 9.36 Å². The second kappa shape index (κ2) is 4.07. The molecule has 15 heavy (non-hydrogen) atoms. The van der Waals surface area contributed by atoms with Crippen molar-refractivity contribution in [2.75, 3.05) is 7.11 Å². The van der Waals surface area contributed by atoms with Gasteiger partial charge in [-0.05, 0) is 23.7 Å². The van der Waals surface area contributed by atoms with E-state index in [1.165, 1.54) is 17.7 Å². The first-order valence-corrected chi connectivity index (χ1v) is 5.03. The minimum Gasteiger partial charge on any atom is -0.480 e. The van der Waals surface area contributed by atoms with Crippen molar-refractivity contribution in [2.24, 2.45) is 0 Å². The van der Waals surface area contributed by atoms with Crippen LogP contribution in [0.2, 0.25) is 0 Å². The molecule has 2 aromatic heterocycles. The Balaban J connectivity index is 2.42. The lowest BCUT2D eigenvalue weighted by atomic mass is 10.2. The Kier molecular flexibility index (Phi) is 2.61. The van der Waals surface area contributed by atoms with E-state index >= 15 is 0 Å². The Bertz CT molecular complexity index is 498. The number of nitrogens with zero attached hydrogens (tertiary/aromatic N) is 3. The lowest BCUT2D eigenvalue weighted by Gasteiger charge is -1.99. The van der Waals surface area contributed by atoms with Crippen LogP contribution in [-0.4, -0.2) is 16.5 Å². The Morgan fingerprint density at radius 1 is 1.47 bits per heavy atom. The van der Waals surface area contributed by atoms with Crippen LogP contribution in [-0.2, 0) is 0 Å². The molecule has 0 spiro atoms. The highest BCUT2D eigenvalue weighted by molar-refractivity contribution is 7.04. The van der Waals surface area contributed by atoms with Gasteiger partial charge in [-0.3, -0.25) is 4.98 Å². The smallest absolute Gasteiger partial charge is 0.234 e. The van der Waals surface area contributed by atoms with Gasteiger partial charge in [0.2, 0.25) is 5.88 Å². The summed E-state index contributed by atoms with van der Waals surface area (Å²) in [6, 6.07) is 5.53. The molecule has 0 saturated heterocycles. The van der Waals surface area contributed by atoms with Gasteiger partial charge in [0, 0.05) is 11.6 Å². The lowest BCUT2D eigenvalue weighted by Crippen LogP contribution is -1.88. The minimum absolute atomic E-state index is 0.543. The molecule has 4 nitrogen and oxygen atoms in total. The first kappa shape index (κ1) is 9.62.